The zero-order valence-electron chi connectivity index (χ0n) is 18.6. The third-order valence-corrected chi connectivity index (χ3v) is 7.12. The molecule has 0 unspecified atom stereocenters. The summed E-state index contributed by atoms with van der Waals surface area (Å²) in [7, 11) is -3.63. The molecule has 1 fully saturated rings. The molecule has 2 aromatic rings. The van der Waals surface area contributed by atoms with Gasteiger partial charge < -0.3 is 14.8 Å². The molecule has 0 aromatic heterocycles. The van der Waals surface area contributed by atoms with Gasteiger partial charge in [0.25, 0.3) is 5.91 Å². The number of ether oxygens (including phenoxy) is 2. The van der Waals surface area contributed by atoms with Gasteiger partial charge in [0.2, 0.25) is 10.0 Å². The quantitative estimate of drug-likeness (QED) is 0.443. The minimum Gasteiger partial charge on any atom is -0.490 e. The van der Waals surface area contributed by atoms with Crippen molar-refractivity contribution in [3.63, 3.8) is 0 Å². The molecule has 8 nitrogen and oxygen atoms in total. The number of benzene rings is 2. The van der Waals surface area contributed by atoms with Crippen LogP contribution in [0, 0.1) is 6.92 Å². The Morgan fingerprint density at radius 1 is 1.09 bits per heavy atom. The van der Waals surface area contributed by atoms with Crippen LogP contribution in [0.15, 0.2) is 60.0 Å². The van der Waals surface area contributed by atoms with Crippen molar-refractivity contribution >= 4 is 27.6 Å². The van der Waals surface area contributed by atoms with Crippen LogP contribution in [-0.2, 0) is 19.6 Å². The van der Waals surface area contributed by atoms with E-state index >= 15 is 0 Å². The van der Waals surface area contributed by atoms with Gasteiger partial charge >= 0.3 is 5.97 Å². The molecule has 0 saturated carbocycles. The summed E-state index contributed by atoms with van der Waals surface area (Å²) in [6.45, 7) is 6.16. The maximum atomic E-state index is 12.9. The van der Waals surface area contributed by atoms with Crippen molar-refractivity contribution in [2.45, 2.75) is 31.1 Å². The number of aryl methyl sites for hydroxylation is 1. The second kappa shape index (κ2) is 11.1. The maximum Gasteiger partial charge on any atom is 0.338 e. The lowest BCUT2D eigenvalue weighted by atomic mass is 10.2. The Balaban J connectivity index is 1.60. The van der Waals surface area contributed by atoms with Crippen molar-refractivity contribution in [2.75, 3.05) is 31.6 Å². The highest BCUT2D eigenvalue weighted by Gasteiger charge is 2.26. The van der Waals surface area contributed by atoms with E-state index in [2.05, 4.69) is 11.9 Å². The number of sulfonamides is 1. The van der Waals surface area contributed by atoms with Crippen molar-refractivity contribution in [3.05, 3.63) is 66.2 Å². The van der Waals surface area contributed by atoms with E-state index in [1.54, 1.807) is 31.2 Å². The molecular weight excluding hydrogens is 444 g/mol. The molecule has 33 heavy (non-hydrogen) atoms. The molecule has 1 heterocycles. The Morgan fingerprint density at radius 3 is 2.45 bits per heavy atom. The van der Waals surface area contributed by atoms with Crippen LogP contribution < -0.4 is 10.1 Å². The lowest BCUT2D eigenvalue weighted by Gasteiger charge is -2.26. The number of nitrogens with one attached hydrogen (secondary N) is 1. The Hall–Kier alpha value is -3.17. The van der Waals surface area contributed by atoms with Crippen LogP contribution in [0.5, 0.6) is 5.75 Å². The third-order valence-electron chi connectivity index (χ3n) is 5.23. The van der Waals surface area contributed by atoms with Gasteiger partial charge in [-0.3, -0.25) is 4.79 Å². The number of piperidine rings is 1. The number of anilines is 1. The first-order chi connectivity index (χ1) is 15.8. The molecule has 0 spiro atoms. The zero-order chi connectivity index (χ0) is 23.8. The maximum absolute atomic E-state index is 12.9. The van der Waals surface area contributed by atoms with Gasteiger partial charge in [0.1, 0.15) is 12.4 Å². The van der Waals surface area contributed by atoms with Crippen molar-refractivity contribution < 1.29 is 27.5 Å². The molecule has 1 aliphatic rings. The predicted molar refractivity (Wildman–Crippen MR) is 125 cm³/mol. The van der Waals surface area contributed by atoms with Gasteiger partial charge in [0, 0.05) is 18.8 Å². The van der Waals surface area contributed by atoms with Gasteiger partial charge in [-0.2, -0.15) is 4.31 Å². The summed E-state index contributed by atoms with van der Waals surface area (Å²) >= 11 is 0. The van der Waals surface area contributed by atoms with Gasteiger partial charge in [-0.25, -0.2) is 13.2 Å². The average molecular weight is 473 g/mol. The third kappa shape index (κ3) is 6.43. The van der Waals surface area contributed by atoms with Crippen LogP contribution in [0.4, 0.5) is 5.69 Å². The van der Waals surface area contributed by atoms with Crippen molar-refractivity contribution in [1.29, 1.82) is 0 Å². The summed E-state index contributed by atoms with van der Waals surface area (Å²) in [5, 5.41) is 2.64. The van der Waals surface area contributed by atoms with Crippen molar-refractivity contribution in [1.82, 2.24) is 4.31 Å². The van der Waals surface area contributed by atoms with Crippen LogP contribution in [-0.4, -0.2) is 50.9 Å². The summed E-state index contributed by atoms with van der Waals surface area (Å²) in [5.41, 5.74) is 1.33. The SMILES string of the molecule is C=CCOc1ccc(C(=O)OCC(=O)Nc2cc(S(=O)(=O)N3CCCCC3)ccc2C)cc1. The molecule has 1 amide bonds. The number of rotatable bonds is 9. The van der Waals surface area contributed by atoms with Gasteiger partial charge in [-0.15, -0.1) is 0 Å². The van der Waals surface area contributed by atoms with Crippen LogP contribution in [0.25, 0.3) is 0 Å². The van der Waals surface area contributed by atoms with Crippen molar-refractivity contribution in [2.24, 2.45) is 0 Å². The lowest BCUT2D eigenvalue weighted by Crippen LogP contribution is -2.35. The monoisotopic (exact) mass is 472 g/mol. The number of nitrogens with zero attached hydrogens (tertiary/aromatic N) is 1. The van der Waals surface area contributed by atoms with E-state index in [0.717, 1.165) is 19.3 Å². The molecule has 1 aliphatic heterocycles. The summed E-state index contributed by atoms with van der Waals surface area (Å²) < 4.78 is 37.8. The zero-order valence-corrected chi connectivity index (χ0v) is 19.4. The van der Waals surface area contributed by atoms with Gasteiger partial charge in [0.15, 0.2) is 6.61 Å². The molecule has 2 aromatic carbocycles. The fraction of sp³-hybridized carbons (Fsp3) is 0.333. The normalized spacial score (nSPS) is 14.3. The number of hydrogen-bond acceptors (Lipinski definition) is 6. The largest absolute Gasteiger partial charge is 0.490 e. The highest BCUT2D eigenvalue weighted by molar-refractivity contribution is 7.89. The summed E-state index contributed by atoms with van der Waals surface area (Å²) in [6.07, 6.45) is 4.31. The van der Waals surface area contributed by atoms with E-state index in [1.807, 2.05) is 0 Å². The fourth-order valence-electron chi connectivity index (χ4n) is 3.39. The van der Waals surface area contributed by atoms with E-state index in [1.165, 1.54) is 28.6 Å². The van der Waals surface area contributed by atoms with Crippen LogP contribution in [0.1, 0.15) is 35.2 Å². The average Bonchev–Trinajstić information content (AvgIpc) is 2.83. The molecule has 0 aliphatic carbocycles. The van der Waals surface area contributed by atoms with E-state index < -0.39 is 28.5 Å². The predicted octanol–water partition coefficient (Wildman–Crippen LogP) is 3.53. The molecular formula is C24H28N2O6S. The number of esters is 1. The molecule has 1 saturated heterocycles. The van der Waals surface area contributed by atoms with Gasteiger partial charge in [-0.05, 0) is 61.7 Å². The topological polar surface area (TPSA) is 102 Å². The second-order valence-electron chi connectivity index (χ2n) is 7.69. The second-order valence-corrected chi connectivity index (χ2v) is 9.63. The Morgan fingerprint density at radius 2 is 1.79 bits per heavy atom. The van der Waals surface area contributed by atoms with Crippen molar-refractivity contribution in [3.8, 4) is 5.75 Å². The molecule has 176 valence electrons. The van der Waals surface area contributed by atoms with Crippen LogP contribution in [0.3, 0.4) is 0 Å². The minimum atomic E-state index is -3.63. The fourth-order valence-corrected chi connectivity index (χ4v) is 4.94. The highest BCUT2D eigenvalue weighted by Crippen LogP contribution is 2.25. The molecule has 9 heteroatoms. The standard InChI is InChI=1S/C24H28N2O6S/c1-3-15-31-20-10-8-19(9-11-20)24(28)32-17-23(27)25-22-16-21(12-7-18(22)2)33(29,30)26-13-5-4-6-14-26/h3,7-12,16H,1,4-6,13-15,17H2,2H3,(H,25,27). The molecule has 0 bridgehead atoms. The first kappa shape index (κ1) is 24.5. The summed E-state index contributed by atoms with van der Waals surface area (Å²) in [5.74, 6) is -0.637. The minimum absolute atomic E-state index is 0.126. The van der Waals surface area contributed by atoms with E-state index in [9.17, 15) is 18.0 Å². The Labute approximate surface area is 194 Å². The Kier molecular flexibility index (Phi) is 8.24. The molecule has 0 radical (unpaired) electrons. The number of amides is 1. The van der Waals surface area contributed by atoms with E-state index in [4.69, 9.17) is 9.47 Å². The van der Waals surface area contributed by atoms with E-state index in [0.29, 0.717) is 36.7 Å². The van der Waals surface area contributed by atoms with E-state index in [-0.39, 0.29) is 10.5 Å². The number of carbonyl (C=O) groups is 2. The smallest absolute Gasteiger partial charge is 0.338 e. The first-order valence-corrected chi connectivity index (χ1v) is 12.2. The molecule has 1 N–H and O–H groups in total. The molecule has 0 atom stereocenters. The number of hydrogen-bond donors (Lipinski definition) is 1. The molecule has 3 rings (SSSR count). The summed E-state index contributed by atoms with van der Waals surface area (Å²) in [6, 6.07) is 11.0. The highest BCUT2D eigenvalue weighted by atomic mass is 32.2. The summed E-state index contributed by atoms with van der Waals surface area (Å²) in [4.78, 5) is 24.7. The van der Waals surface area contributed by atoms with Gasteiger partial charge in [0.05, 0.1) is 10.5 Å². The van der Waals surface area contributed by atoms with Crippen LogP contribution >= 0.6 is 0 Å². The first-order valence-electron chi connectivity index (χ1n) is 10.7. The lowest BCUT2D eigenvalue weighted by molar-refractivity contribution is -0.119. The number of carbonyl (C=O) groups excluding carboxylic acids is 2. The van der Waals surface area contributed by atoms with Gasteiger partial charge in [-0.1, -0.05) is 25.1 Å². The van der Waals surface area contributed by atoms with Crippen LogP contribution in [0.2, 0.25) is 0 Å². The Bertz CT molecular complexity index is 1110.